The van der Waals surface area contributed by atoms with E-state index in [2.05, 4.69) is 10.6 Å². The maximum atomic E-state index is 12.8. The molecule has 0 radical (unpaired) electrons. The van der Waals surface area contributed by atoms with Crippen LogP contribution in [0.1, 0.15) is 5.56 Å². The first kappa shape index (κ1) is 15.6. The maximum Gasteiger partial charge on any atom is 0.319 e. The number of benzene rings is 2. The molecule has 5 nitrogen and oxygen atoms in total. The Morgan fingerprint density at radius 1 is 1.05 bits per heavy atom. The summed E-state index contributed by atoms with van der Waals surface area (Å²) in [5, 5.41) is 5.33. The molecular weight excluding hydrogens is 287 g/mol. The highest BCUT2D eigenvalue weighted by Crippen LogP contribution is 2.22. The van der Waals surface area contributed by atoms with Gasteiger partial charge in [-0.05, 0) is 42.0 Å². The molecular formula is C16H17FN2O3. The summed E-state index contributed by atoms with van der Waals surface area (Å²) < 4.78 is 23.1. The summed E-state index contributed by atoms with van der Waals surface area (Å²) in [5.74, 6) is 0.944. The van der Waals surface area contributed by atoms with Crippen molar-refractivity contribution in [2.75, 3.05) is 19.5 Å². The maximum absolute atomic E-state index is 12.8. The van der Waals surface area contributed by atoms with Crippen LogP contribution in [-0.4, -0.2) is 20.3 Å². The molecule has 0 aliphatic carbocycles. The number of anilines is 1. The molecule has 0 fully saturated rings. The molecule has 116 valence electrons. The molecule has 2 amide bonds. The molecule has 2 aromatic carbocycles. The van der Waals surface area contributed by atoms with Crippen molar-refractivity contribution in [2.24, 2.45) is 0 Å². The van der Waals surface area contributed by atoms with Crippen LogP contribution in [0.4, 0.5) is 14.9 Å². The van der Waals surface area contributed by atoms with Crippen LogP contribution < -0.4 is 20.1 Å². The highest BCUT2D eigenvalue weighted by Gasteiger charge is 2.05. The molecule has 0 aliphatic rings. The van der Waals surface area contributed by atoms with Gasteiger partial charge in [0.05, 0.1) is 14.2 Å². The molecule has 2 N–H and O–H groups in total. The minimum Gasteiger partial charge on any atom is -0.497 e. The Bertz CT molecular complexity index is 622. The number of amides is 2. The van der Waals surface area contributed by atoms with E-state index in [9.17, 15) is 9.18 Å². The Morgan fingerprint density at radius 3 is 2.18 bits per heavy atom. The molecule has 2 aromatic rings. The molecule has 0 heterocycles. The van der Waals surface area contributed by atoms with Gasteiger partial charge < -0.3 is 20.1 Å². The lowest BCUT2D eigenvalue weighted by Gasteiger charge is -2.10. The number of hydrogen-bond donors (Lipinski definition) is 2. The standard InChI is InChI=1S/C16H17FN2O3/c1-21-14-7-11(8-15(9-14)22-2)10-18-16(20)19-13-5-3-12(17)4-6-13/h3-9H,10H2,1-2H3,(H2,18,19,20). The second-order valence-corrected chi connectivity index (χ2v) is 4.54. The number of carbonyl (C=O) groups excluding carboxylic acids is 1. The zero-order valence-electron chi connectivity index (χ0n) is 12.4. The number of methoxy groups -OCH3 is 2. The van der Waals surface area contributed by atoms with Crippen LogP contribution in [0.3, 0.4) is 0 Å². The third-order valence-corrected chi connectivity index (χ3v) is 2.97. The van der Waals surface area contributed by atoms with Gasteiger partial charge in [-0.25, -0.2) is 9.18 Å². The van der Waals surface area contributed by atoms with E-state index in [1.165, 1.54) is 24.3 Å². The summed E-state index contributed by atoms with van der Waals surface area (Å²) in [4.78, 5) is 11.8. The van der Waals surface area contributed by atoms with Crippen molar-refractivity contribution in [3.63, 3.8) is 0 Å². The van der Waals surface area contributed by atoms with E-state index in [0.717, 1.165) is 5.56 Å². The Morgan fingerprint density at radius 2 is 1.64 bits per heavy atom. The monoisotopic (exact) mass is 304 g/mol. The van der Waals surface area contributed by atoms with Gasteiger partial charge >= 0.3 is 6.03 Å². The zero-order valence-corrected chi connectivity index (χ0v) is 12.4. The second kappa shape index (κ2) is 7.31. The number of ether oxygens (including phenoxy) is 2. The van der Waals surface area contributed by atoms with Crippen molar-refractivity contribution in [3.8, 4) is 11.5 Å². The molecule has 0 aromatic heterocycles. The van der Waals surface area contributed by atoms with Gasteiger partial charge in [-0.1, -0.05) is 0 Å². The van der Waals surface area contributed by atoms with Gasteiger partial charge in [0.2, 0.25) is 0 Å². The van der Waals surface area contributed by atoms with Crippen molar-refractivity contribution in [3.05, 3.63) is 53.8 Å². The Balaban J connectivity index is 1.94. The Hall–Kier alpha value is -2.76. The highest BCUT2D eigenvalue weighted by atomic mass is 19.1. The van der Waals surface area contributed by atoms with Crippen molar-refractivity contribution in [1.29, 1.82) is 0 Å². The smallest absolute Gasteiger partial charge is 0.319 e. The molecule has 0 bridgehead atoms. The molecule has 6 heteroatoms. The lowest BCUT2D eigenvalue weighted by Crippen LogP contribution is -2.28. The van der Waals surface area contributed by atoms with Crippen LogP contribution in [0.25, 0.3) is 0 Å². The fraction of sp³-hybridized carbons (Fsp3) is 0.188. The van der Waals surface area contributed by atoms with Crippen LogP contribution in [-0.2, 0) is 6.54 Å². The first-order valence-corrected chi connectivity index (χ1v) is 6.63. The number of hydrogen-bond acceptors (Lipinski definition) is 3. The van der Waals surface area contributed by atoms with Gasteiger partial charge in [-0.3, -0.25) is 0 Å². The summed E-state index contributed by atoms with van der Waals surface area (Å²) >= 11 is 0. The van der Waals surface area contributed by atoms with Crippen molar-refractivity contribution < 1.29 is 18.7 Å². The van der Waals surface area contributed by atoms with Crippen LogP contribution >= 0.6 is 0 Å². The van der Waals surface area contributed by atoms with Crippen LogP contribution in [0.5, 0.6) is 11.5 Å². The van der Waals surface area contributed by atoms with E-state index in [-0.39, 0.29) is 11.8 Å². The van der Waals surface area contributed by atoms with Gasteiger partial charge in [0.1, 0.15) is 17.3 Å². The third-order valence-electron chi connectivity index (χ3n) is 2.97. The normalized spacial score (nSPS) is 9.95. The fourth-order valence-corrected chi connectivity index (χ4v) is 1.86. The fourth-order valence-electron chi connectivity index (χ4n) is 1.86. The number of halogens is 1. The lowest BCUT2D eigenvalue weighted by molar-refractivity contribution is 0.251. The largest absolute Gasteiger partial charge is 0.497 e. The molecule has 0 saturated carbocycles. The minimum atomic E-state index is -0.381. The topological polar surface area (TPSA) is 59.6 Å². The molecule has 0 atom stereocenters. The van der Waals surface area contributed by atoms with Gasteiger partial charge in [0.15, 0.2) is 0 Å². The van der Waals surface area contributed by atoms with Gasteiger partial charge in [-0.15, -0.1) is 0 Å². The summed E-state index contributed by atoms with van der Waals surface area (Å²) in [5.41, 5.74) is 1.35. The van der Waals surface area contributed by atoms with Gasteiger partial charge in [0, 0.05) is 18.3 Å². The van der Waals surface area contributed by atoms with E-state index in [4.69, 9.17) is 9.47 Å². The lowest BCUT2D eigenvalue weighted by atomic mass is 10.2. The summed E-state index contributed by atoms with van der Waals surface area (Å²) in [6.07, 6.45) is 0. The predicted molar refractivity (Wildman–Crippen MR) is 81.8 cm³/mol. The van der Waals surface area contributed by atoms with Crippen molar-refractivity contribution in [2.45, 2.75) is 6.54 Å². The van der Waals surface area contributed by atoms with E-state index in [1.807, 2.05) is 0 Å². The average molecular weight is 304 g/mol. The van der Waals surface area contributed by atoms with Crippen LogP contribution in [0.15, 0.2) is 42.5 Å². The van der Waals surface area contributed by atoms with Gasteiger partial charge in [0.25, 0.3) is 0 Å². The van der Waals surface area contributed by atoms with Crippen LogP contribution in [0.2, 0.25) is 0 Å². The summed E-state index contributed by atoms with van der Waals surface area (Å²) in [6.45, 7) is 0.306. The number of rotatable bonds is 5. The Kier molecular flexibility index (Phi) is 5.19. The molecule has 2 rings (SSSR count). The highest BCUT2D eigenvalue weighted by molar-refractivity contribution is 5.89. The summed E-state index contributed by atoms with van der Waals surface area (Å²) in [6, 6.07) is 10.5. The molecule has 0 unspecified atom stereocenters. The SMILES string of the molecule is COc1cc(CNC(=O)Nc2ccc(F)cc2)cc(OC)c1. The van der Waals surface area contributed by atoms with Crippen molar-refractivity contribution >= 4 is 11.7 Å². The second-order valence-electron chi connectivity index (χ2n) is 4.54. The Labute approximate surface area is 128 Å². The van der Waals surface area contributed by atoms with E-state index < -0.39 is 0 Å². The molecule has 22 heavy (non-hydrogen) atoms. The van der Waals surface area contributed by atoms with E-state index in [1.54, 1.807) is 32.4 Å². The zero-order chi connectivity index (χ0) is 15.9. The minimum absolute atomic E-state index is 0.306. The third kappa shape index (κ3) is 4.37. The molecule has 0 aliphatic heterocycles. The number of urea groups is 1. The van der Waals surface area contributed by atoms with E-state index >= 15 is 0 Å². The van der Waals surface area contributed by atoms with Crippen LogP contribution in [0, 0.1) is 5.82 Å². The average Bonchev–Trinajstić information content (AvgIpc) is 2.54. The predicted octanol–water partition coefficient (Wildman–Crippen LogP) is 3.16. The quantitative estimate of drug-likeness (QED) is 0.892. The number of nitrogens with one attached hydrogen (secondary N) is 2. The molecule has 0 saturated heterocycles. The van der Waals surface area contributed by atoms with E-state index in [0.29, 0.717) is 23.7 Å². The van der Waals surface area contributed by atoms with Gasteiger partial charge in [-0.2, -0.15) is 0 Å². The molecule has 0 spiro atoms. The summed E-state index contributed by atoms with van der Waals surface area (Å²) in [7, 11) is 3.13. The first-order chi connectivity index (χ1) is 10.6. The number of carbonyl (C=O) groups is 1. The first-order valence-electron chi connectivity index (χ1n) is 6.63. The van der Waals surface area contributed by atoms with Crippen molar-refractivity contribution in [1.82, 2.24) is 5.32 Å².